The Balaban J connectivity index is 2.77. The molecule has 0 saturated heterocycles. The Labute approximate surface area is 88.5 Å². The van der Waals surface area contributed by atoms with Gasteiger partial charge in [0, 0.05) is 6.54 Å². The largest absolute Gasteiger partial charge is 0.309 e. The van der Waals surface area contributed by atoms with Crippen LogP contribution in [-0.2, 0) is 0 Å². The fraction of sp³-hybridized carbons (Fsp3) is 0.692. The van der Waals surface area contributed by atoms with Gasteiger partial charge in [0.25, 0.3) is 0 Å². The lowest BCUT2D eigenvalue weighted by Gasteiger charge is -2.12. The molecule has 0 fully saturated rings. The molecule has 1 rings (SSSR count). The van der Waals surface area contributed by atoms with E-state index in [-0.39, 0.29) is 0 Å². The minimum Gasteiger partial charge on any atom is -0.309 e. The third-order valence-corrected chi connectivity index (χ3v) is 3.63. The Bertz CT molecular complexity index is 282. The fourth-order valence-corrected chi connectivity index (χ4v) is 2.16. The summed E-state index contributed by atoms with van der Waals surface area (Å²) >= 11 is 0. The van der Waals surface area contributed by atoms with Crippen LogP contribution in [0.25, 0.3) is 0 Å². The minimum atomic E-state index is 0.673. The van der Waals surface area contributed by atoms with Gasteiger partial charge in [-0.3, -0.25) is 0 Å². The standard InChI is InChI=1S/C13H23N/c1-9-10(2)12(4)13(11(9)3)7-8-14(5)6/h9H,7-8H2,1-6H3. The van der Waals surface area contributed by atoms with E-state index in [0.29, 0.717) is 5.92 Å². The van der Waals surface area contributed by atoms with Gasteiger partial charge in [-0.25, -0.2) is 0 Å². The molecule has 1 aliphatic rings. The summed E-state index contributed by atoms with van der Waals surface area (Å²) in [6.45, 7) is 10.3. The van der Waals surface area contributed by atoms with Gasteiger partial charge in [-0.2, -0.15) is 0 Å². The van der Waals surface area contributed by atoms with Gasteiger partial charge in [-0.15, -0.1) is 0 Å². The van der Waals surface area contributed by atoms with Crippen molar-refractivity contribution < 1.29 is 0 Å². The van der Waals surface area contributed by atoms with Crippen LogP contribution >= 0.6 is 0 Å². The van der Waals surface area contributed by atoms with Crippen LogP contribution in [-0.4, -0.2) is 25.5 Å². The van der Waals surface area contributed by atoms with Crippen LogP contribution in [0.5, 0.6) is 0 Å². The molecule has 0 aromatic rings. The monoisotopic (exact) mass is 193 g/mol. The first-order valence-corrected chi connectivity index (χ1v) is 5.47. The molecule has 1 atom stereocenters. The lowest BCUT2D eigenvalue weighted by molar-refractivity contribution is 0.413. The lowest BCUT2D eigenvalue weighted by atomic mass is 9.99. The number of rotatable bonds is 3. The van der Waals surface area contributed by atoms with Crippen LogP contribution in [0.2, 0.25) is 0 Å². The molecule has 0 N–H and O–H groups in total. The highest BCUT2D eigenvalue weighted by molar-refractivity contribution is 5.46. The van der Waals surface area contributed by atoms with Gasteiger partial charge in [0.2, 0.25) is 0 Å². The number of nitrogens with zero attached hydrogens (tertiary/aromatic N) is 1. The van der Waals surface area contributed by atoms with Crippen LogP contribution in [0, 0.1) is 5.92 Å². The van der Waals surface area contributed by atoms with Crippen LogP contribution in [0.1, 0.15) is 34.1 Å². The van der Waals surface area contributed by atoms with Crippen molar-refractivity contribution >= 4 is 0 Å². The Morgan fingerprint density at radius 2 is 1.64 bits per heavy atom. The van der Waals surface area contributed by atoms with Crippen molar-refractivity contribution in [3.05, 3.63) is 22.3 Å². The molecule has 1 nitrogen and oxygen atoms in total. The first-order chi connectivity index (χ1) is 6.45. The highest BCUT2D eigenvalue weighted by Crippen LogP contribution is 2.37. The predicted octanol–water partition coefficient (Wildman–Crippen LogP) is 3.24. The van der Waals surface area contributed by atoms with E-state index in [1.165, 1.54) is 12.0 Å². The van der Waals surface area contributed by atoms with E-state index in [4.69, 9.17) is 0 Å². The van der Waals surface area contributed by atoms with Gasteiger partial charge in [0.1, 0.15) is 0 Å². The Kier molecular flexibility index (Phi) is 3.54. The van der Waals surface area contributed by atoms with Crippen LogP contribution in [0.15, 0.2) is 22.3 Å². The lowest BCUT2D eigenvalue weighted by Crippen LogP contribution is -2.13. The third-order valence-electron chi connectivity index (χ3n) is 3.63. The van der Waals surface area contributed by atoms with Crippen molar-refractivity contribution in [1.82, 2.24) is 4.90 Å². The first kappa shape index (κ1) is 11.5. The summed E-state index contributed by atoms with van der Waals surface area (Å²) in [4.78, 5) is 2.26. The Hall–Kier alpha value is -0.560. The fourth-order valence-electron chi connectivity index (χ4n) is 2.16. The van der Waals surface area contributed by atoms with Gasteiger partial charge in [0.15, 0.2) is 0 Å². The summed E-state index contributed by atoms with van der Waals surface area (Å²) in [7, 11) is 4.28. The average molecular weight is 193 g/mol. The molecule has 1 unspecified atom stereocenters. The maximum atomic E-state index is 2.32. The summed E-state index contributed by atoms with van der Waals surface area (Å²) in [5, 5.41) is 0. The minimum absolute atomic E-state index is 0.673. The van der Waals surface area contributed by atoms with Crippen molar-refractivity contribution in [2.45, 2.75) is 34.1 Å². The van der Waals surface area contributed by atoms with Crippen molar-refractivity contribution in [1.29, 1.82) is 0 Å². The summed E-state index contributed by atoms with van der Waals surface area (Å²) in [5.41, 5.74) is 6.29. The van der Waals surface area contributed by atoms with Crippen molar-refractivity contribution in [2.24, 2.45) is 5.92 Å². The third kappa shape index (κ3) is 2.09. The molecule has 0 aromatic carbocycles. The summed E-state index contributed by atoms with van der Waals surface area (Å²) < 4.78 is 0. The molecule has 0 heterocycles. The summed E-state index contributed by atoms with van der Waals surface area (Å²) in [5.74, 6) is 0.673. The van der Waals surface area contributed by atoms with E-state index in [2.05, 4.69) is 46.7 Å². The zero-order chi connectivity index (χ0) is 10.9. The molecule has 0 bridgehead atoms. The van der Waals surface area contributed by atoms with Crippen LogP contribution in [0.4, 0.5) is 0 Å². The van der Waals surface area contributed by atoms with Crippen molar-refractivity contribution in [3.63, 3.8) is 0 Å². The Morgan fingerprint density at radius 1 is 1.07 bits per heavy atom. The second-order valence-corrected chi connectivity index (χ2v) is 4.74. The van der Waals surface area contributed by atoms with E-state index in [9.17, 15) is 0 Å². The van der Waals surface area contributed by atoms with Crippen LogP contribution in [0.3, 0.4) is 0 Å². The molecule has 0 spiro atoms. The van der Waals surface area contributed by atoms with E-state index in [0.717, 1.165) is 6.54 Å². The number of hydrogen-bond donors (Lipinski definition) is 0. The van der Waals surface area contributed by atoms with E-state index < -0.39 is 0 Å². The van der Waals surface area contributed by atoms with Gasteiger partial charge < -0.3 is 4.90 Å². The molecule has 0 amide bonds. The zero-order valence-electron chi connectivity index (χ0n) is 10.4. The zero-order valence-corrected chi connectivity index (χ0v) is 10.4. The Morgan fingerprint density at radius 3 is 2.00 bits per heavy atom. The van der Waals surface area contributed by atoms with Gasteiger partial charge in [0.05, 0.1) is 0 Å². The SMILES string of the molecule is CC1=C(C)C(C)C(C)=C1CCN(C)C. The second-order valence-electron chi connectivity index (χ2n) is 4.74. The first-order valence-electron chi connectivity index (χ1n) is 5.47. The maximum absolute atomic E-state index is 2.32. The number of allylic oxidation sites excluding steroid dienone is 3. The summed E-state index contributed by atoms with van der Waals surface area (Å²) in [6.07, 6.45) is 1.20. The second kappa shape index (κ2) is 4.31. The van der Waals surface area contributed by atoms with Crippen molar-refractivity contribution in [3.8, 4) is 0 Å². The topological polar surface area (TPSA) is 3.24 Å². The predicted molar refractivity (Wildman–Crippen MR) is 63.4 cm³/mol. The van der Waals surface area contributed by atoms with E-state index in [1.807, 2.05) is 0 Å². The quantitative estimate of drug-likeness (QED) is 0.665. The van der Waals surface area contributed by atoms with Gasteiger partial charge >= 0.3 is 0 Å². The maximum Gasteiger partial charge on any atom is 0.00158 e. The molecule has 80 valence electrons. The molecule has 1 aliphatic carbocycles. The molecule has 0 radical (unpaired) electrons. The van der Waals surface area contributed by atoms with Gasteiger partial charge in [-0.05, 0) is 58.4 Å². The number of hydrogen-bond acceptors (Lipinski definition) is 1. The molecular formula is C13H23N. The highest BCUT2D eigenvalue weighted by atomic mass is 15.0. The van der Waals surface area contributed by atoms with Gasteiger partial charge in [-0.1, -0.05) is 18.1 Å². The highest BCUT2D eigenvalue weighted by Gasteiger charge is 2.22. The normalized spacial score (nSPS) is 22.9. The summed E-state index contributed by atoms with van der Waals surface area (Å²) in [6, 6.07) is 0. The molecule has 0 aliphatic heterocycles. The molecule has 14 heavy (non-hydrogen) atoms. The molecule has 1 heteroatoms. The van der Waals surface area contributed by atoms with Crippen LogP contribution < -0.4 is 0 Å². The van der Waals surface area contributed by atoms with Crippen molar-refractivity contribution in [2.75, 3.05) is 20.6 Å². The molecule has 0 aromatic heterocycles. The van der Waals surface area contributed by atoms with E-state index >= 15 is 0 Å². The van der Waals surface area contributed by atoms with E-state index in [1.54, 1.807) is 16.7 Å². The molecule has 0 saturated carbocycles. The smallest absolute Gasteiger partial charge is 0.00158 e. The molecular weight excluding hydrogens is 170 g/mol. The average Bonchev–Trinajstić information content (AvgIpc) is 2.29.